The van der Waals surface area contributed by atoms with Crippen LogP contribution in [0.4, 0.5) is 0 Å². The smallest absolute Gasteiger partial charge is 0.151 e. The molecule has 0 saturated carbocycles. The second kappa shape index (κ2) is 4.62. The number of thiophene rings is 1. The van der Waals surface area contributed by atoms with Crippen molar-refractivity contribution < 1.29 is 8.42 Å². The predicted octanol–water partition coefficient (Wildman–Crippen LogP) is 3.42. The lowest BCUT2D eigenvalue weighted by atomic mass is 10.2. The summed E-state index contributed by atoms with van der Waals surface area (Å²) in [7, 11) is -3.12. The van der Waals surface area contributed by atoms with Crippen molar-refractivity contribution in [1.29, 1.82) is 0 Å². The average Bonchev–Trinajstić information content (AvgIpc) is 2.43. The van der Waals surface area contributed by atoms with E-state index in [1.165, 1.54) is 17.6 Å². The van der Waals surface area contributed by atoms with Gasteiger partial charge >= 0.3 is 0 Å². The van der Waals surface area contributed by atoms with Crippen LogP contribution in [0, 0.1) is 6.92 Å². The van der Waals surface area contributed by atoms with E-state index in [0.717, 1.165) is 10.4 Å². The van der Waals surface area contributed by atoms with Crippen LogP contribution in [0.3, 0.4) is 0 Å². The molecule has 0 N–H and O–H groups in total. The quantitative estimate of drug-likeness (QED) is 0.798. The molecule has 2 nitrogen and oxygen atoms in total. The first kappa shape index (κ1) is 13.3. The van der Waals surface area contributed by atoms with Crippen molar-refractivity contribution in [3.8, 4) is 0 Å². The highest BCUT2D eigenvalue weighted by molar-refractivity contribution is 7.91. The van der Waals surface area contributed by atoms with Gasteiger partial charge in [-0.3, -0.25) is 0 Å². The molecule has 86 valence electrons. The molecule has 2 atom stereocenters. The van der Waals surface area contributed by atoms with Crippen molar-refractivity contribution in [3.63, 3.8) is 0 Å². The number of hydrogen-bond acceptors (Lipinski definition) is 3. The first-order valence-electron chi connectivity index (χ1n) is 4.32. The van der Waals surface area contributed by atoms with E-state index in [-0.39, 0.29) is 0 Å². The summed E-state index contributed by atoms with van der Waals surface area (Å²) in [4.78, 5) is 0.803. The SMILES string of the molecule is Cc1cc(C(Cl)C(C)S(C)(=O)=O)sc1Cl. The largest absolute Gasteiger partial charge is 0.229 e. The molecule has 0 bridgehead atoms. The minimum absolute atomic E-state index is 0.531. The molecule has 15 heavy (non-hydrogen) atoms. The Hall–Kier alpha value is 0.230. The fraction of sp³-hybridized carbons (Fsp3) is 0.556. The van der Waals surface area contributed by atoms with Gasteiger partial charge in [0.15, 0.2) is 9.84 Å². The summed E-state index contributed by atoms with van der Waals surface area (Å²) in [6, 6.07) is 1.84. The number of sulfone groups is 1. The lowest BCUT2D eigenvalue weighted by Gasteiger charge is -2.14. The summed E-state index contributed by atoms with van der Waals surface area (Å²) in [5, 5.41) is -1.13. The van der Waals surface area contributed by atoms with E-state index in [1.807, 2.05) is 13.0 Å². The van der Waals surface area contributed by atoms with Crippen LogP contribution >= 0.6 is 34.5 Å². The van der Waals surface area contributed by atoms with Crippen molar-refractivity contribution >= 4 is 44.4 Å². The summed E-state index contributed by atoms with van der Waals surface area (Å²) >= 11 is 13.3. The second-order valence-corrected chi connectivity index (χ2v) is 8.10. The predicted molar refractivity (Wildman–Crippen MR) is 67.0 cm³/mol. The van der Waals surface area contributed by atoms with Crippen molar-refractivity contribution in [2.24, 2.45) is 0 Å². The summed E-state index contributed by atoms with van der Waals surface area (Å²) in [5.74, 6) is 0. The van der Waals surface area contributed by atoms with Gasteiger partial charge in [-0.25, -0.2) is 8.42 Å². The molecule has 0 spiro atoms. The lowest BCUT2D eigenvalue weighted by molar-refractivity contribution is 0.587. The van der Waals surface area contributed by atoms with Gasteiger partial charge < -0.3 is 0 Å². The molecular formula is C9H12Cl2O2S2. The molecule has 1 aromatic heterocycles. The van der Waals surface area contributed by atoms with Gasteiger partial charge in [0, 0.05) is 11.1 Å². The van der Waals surface area contributed by atoms with Crippen LogP contribution in [0.1, 0.15) is 22.7 Å². The van der Waals surface area contributed by atoms with Crippen LogP contribution in [-0.4, -0.2) is 19.9 Å². The lowest BCUT2D eigenvalue weighted by Crippen LogP contribution is -2.20. The van der Waals surface area contributed by atoms with Gasteiger partial charge in [-0.2, -0.15) is 0 Å². The fourth-order valence-corrected chi connectivity index (χ4v) is 3.79. The van der Waals surface area contributed by atoms with Gasteiger partial charge in [0.05, 0.1) is 15.0 Å². The molecule has 2 unspecified atom stereocenters. The van der Waals surface area contributed by atoms with Crippen LogP contribution in [0.2, 0.25) is 4.34 Å². The summed E-state index contributed by atoms with van der Waals surface area (Å²) < 4.78 is 23.3. The number of halogens is 2. The third-order valence-electron chi connectivity index (χ3n) is 2.24. The third-order valence-corrected chi connectivity index (χ3v) is 6.39. The topological polar surface area (TPSA) is 34.1 Å². The zero-order valence-corrected chi connectivity index (χ0v) is 11.8. The Morgan fingerprint density at radius 1 is 1.47 bits per heavy atom. The first-order valence-corrected chi connectivity index (χ1v) is 7.90. The fourth-order valence-electron chi connectivity index (χ4n) is 1.07. The molecule has 1 heterocycles. The maximum atomic E-state index is 11.3. The Morgan fingerprint density at radius 3 is 2.33 bits per heavy atom. The van der Waals surface area contributed by atoms with E-state index in [2.05, 4.69) is 0 Å². The Labute approximate surface area is 104 Å². The van der Waals surface area contributed by atoms with Crippen LogP contribution in [0.25, 0.3) is 0 Å². The van der Waals surface area contributed by atoms with Gasteiger partial charge in [0.2, 0.25) is 0 Å². The maximum absolute atomic E-state index is 11.3. The molecule has 6 heteroatoms. The normalized spacial score (nSPS) is 16.3. The summed E-state index contributed by atoms with van der Waals surface area (Å²) in [6.45, 7) is 3.48. The van der Waals surface area contributed by atoms with E-state index in [1.54, 1.807) is 6.92 Å². The molecule has 0 aliphatic rings. The van der Waals surface area contributed by atoms with Crippen LogP contribution in [0.15, 0.2) is 6.07 Å². The molecule has 0 radical (unpaired) electrons. The van der Waals surface area contributed by atoms with Gasteiger partial charge in [-0.15, -0.1) is 22.9 Å². The zero-order chi connectivity index (χ0) is 11.8. The molecule has 1 aromatic rings. The number of aryl methyl sites for hydroxylation is 1. The van der Waals surface area contributed by atoms with Gasteiger partial charge in [0.1, 0.15) is 0 Å². The highest BCUT2D eigenvalue weighted by atomic mass is 35.5. The Bertz CT molecular complexity index is 431. The molecule has 0 amide bonds. The number of rotatable bonds is 3. The Morgan fingerprint density at radius 2 is 2.00 bits per heavy atom. The molecule has 0 aliphatic carbocycles. The zero-order valence-electron chi connectivity index (χ0n) is 8.62. The Balaban J connectivity index is 3.00. The number of alkyl halides is 1. The maximum Gasteiger partial charge on any atom is 0.151 e. The minimum Gasteiger partial charge on any atom is -0.229 e. The van der Waals surface area contributed by atoms with E-state index in [4.69, 9.17) is 23.2 Å². The summed E-state index contributed by atoms with van der Waals surface area (Å²) in [5.41, 5.74) is 0.933. The van der Waals surface area contributed by atoms with Crippen molar-refractivity contribution in [1.82, 2.24) is 0 Å². The summed E-state index contributed by atoms with van der Waals surface area (Å²) in [6.07, 6.45) is 1.19. The highest BCUT2D eigenvalue weighted by Gasteiger charge is 2.27. The van der Waals surface area contributed by atoms with Crippen molar-refractivity contribution in [2.75, 3.05) is 6.26 Å². The monoisotopic (exact) mass is 286 g/mol. The van der Waals surface area contributed by atoms with Gasteiger partial charge in [-0.05, 0) is 25.5 Å². The molecule has 0 aliphatic heterocycles. The van der Waals surface area contributed by atoms with Gasteiger partial charge in [0.25, 0.3) is 0 Å². The molecule has 1 rings (SSSR count). The van der Waals surface area contributed by atoms with Crippen molar-refractivity contribution in [2.45, 2.75) is 24.5 Å². The van der Waals surface area contributed by atoms with E-state index >= 15 is 0 Å². The molecular weight excluding hydrogens is 275 g/mol. The van der Waals surface area contributed by atoms with E-state index in [9.17, 15) is 8.42 Å². The van der Waals surface area contributed by atoms with E-state index < -0.39 is 20.5 Å². The second-order valence-electron chi connectivity index (χ2n) is 3.54. The third kappa shape index (κ3) is 3.09. The average molecular weight is 287 g/mol. The Kier molecular flexibility index (Phi) is 4.09. The standard InChI is InChI=1S/C9H12Cl2O2S2/c1-5-4-7(14-9(5)11)8(10)6(2)15(3,12)13/h4,6,8H,1-3H3. The minimum atomic E-state index is -3.12. The first-order chi connectivity index (χ1) is 6.73. The van der Waals surface area contributed by atoms with Gasteiger partial charge in [-0.1, -0.05) is 11.6 Å². The van der Waals surface area contributed by atoms with Crippen molar-refractivity contribution in [3.05, 3.63) is 20.8 Å². The van der Waals surface area contributed by atoms with E-state index in [0.29, 0.717) is 4.34 Å². The number of hydrogen-bond donors (Lipinski definition) is 0. The molecule has 0 fully saturated rings. The highest BCUT2D eigenvalue weighted by Crippen LogP contribution is 2.37. The molecule has 0 aromatic carbocycles. The van der Waals surface area contributed by atoms with Crippen LogP contribution in [0.5, 0.6) is 0 Å². The molecule has 0 saturated heterocycles. The van der Waals surface area contributed by atoms with Crippen LogP contribution in [-0.2, 0) is 9.84 Å². The van der Waals surface area contributed by atoms with Crippen LogP contribution < -0.4 is 0 Å².